The number of benzene rings is 1. The van der Waals surface area contributed by atoms with Crippen molar-refractivity contribution in [3.05, 3.63) is 42.0 Å². The van der Waals surface area contributed by atoms with Crippen molar-refractivity contribution in [3.63, 3.8) is 0 Å². The van der Waals surface area contributed by atoms with Crippen molar-refractivity contribution in [2.45, 2.75) is 51.6 Å². The minimum Gasteiger partial charge on any atom is -0.484 e. The number of carbonyl (C=O) groups excluding carboxylic acids is 2. The number of amides is 1. The maximum absolute atomic E-state index is 12.2. The van der Waals surface area contributed by atoms with Crippen LogP contribution in [0.15, 0.2) is 30.6 Å². The van der Waals surface area contributed by atoms with Crippen molar-refractivity contribution in [2.75, 3.05) is 6.61 Å². The number of nitrogens with one attached hydrogen (secondary N) is 1. The molecule has 1 aliphatic carbocycles. The van der Waals surface area contributed by atoms with Gasteiger partial charge in [-0.25, -0.2) is 0 Å². The topological polar surface area (TPSA) is 86.1 Å². The minimum atomic E-state index is -0.241. The number of nitrogens with zero attached hydrogens (tertiary/aromatic N) is 3. The van der Waals surface area contributed by atoms with Crippen LogP contribution in [0.5, 0.6) is 5.75 Å². The molecule has 0 radical (unpaired) electrons. The maximum atomic E-state index is 12.2. The van der Waals surface area contributed by atoms with Gasteiger partial charge in [0, 0.05) is 11.6 Å². The maximum Gasteiger partial charge on any atom is 0.258 e. The minimum absolute atomic E-state index is 0.00510. The average molecular weight is 356 g/mol. The highest BCUT2D eigenvalue weighted by Crippen LogP contribution is 2.31. The van der Waals surface area contributed by atoms with Gasteiger partial charge in [-0.05, 0) is 51.0 Å². The van der Waals surface area contributed by atoms with Crippen LogP contribution in [0.25, 0.3) is 0 Å². The first-order valence-electron chi connectivity index (χ1n) is 8.97. The first-order chi connectivity index (χ1) is 12.5. The fraction of sp³-hybridized carbons (Fsp3) is 0.474. The normalized spacial score (nSPS) is 15.6. The van der Waals surface area contributed by atoms with E-state index in [-0.39, 0.29) is 24.3 Å². The van der Waals surface area contributed by atoms with E-state index in [2.05, 4.69) is 20.1 Å². The molecule has 0 spiro atoms. The molecule has 1 aliphatic rings. The highest BCUT2D eigenvalue weighted by molar-refractivity contribution is 5.94. The molecule has 1 atom stereocenters. The third-order valence-corrected chi connectivity index (χ3v) is 4.71. The zero-order valence-electron chi connectivity index (χ0n) is 15.1. The Bertz CT molecular complexity index is 763. The Balaban J connectivity index is 1.53. The molecule has 0 bridgehead atoms. The molecule has 2 aromatic rings. The highest BCUT2D eigenvalue weighted by atomic mass is 16.5. The Morgan fingerprint density at radius 2 is 1.96 bits per heavy atom. The molecule has 1 N–H and O–H groups in total. The van der Waals surface area contributed by atoms with Crippen LogP contribution in [0, 0.1) is 0 Å². The Hall–Kier alpha value is -2.70. The molecule has 1 aromatic carbocycles. The average Bonchev–Trinajstić information content (AvgIpc) is 3.31. The summed E-state index contributed by atoms with van der Waals surface area (Å²) >= 11 is 0. The summed E-state index contributed by atoms with van der Waals surface area (Å²) in [4.78, 5) is 23.4. The summed E-state index contributed by atoms with van der Waals surface area (Å²) in [6, 6.07) is 6.92. The number of hydrogen-bond acceptors (Lipinski definition) is 5. The molecule has 1 saturated carbocycles. The first-order valence-corrected chi connectivity index (χ1v) is 8.97. The standard InChI is InChI=1S/C19H24N4O3/c1-13(19-22-20-12-23(19)16-5-3-4-6-16)21-18(25)11-26-17-9-7-15(8-10-17)14(2)24/h7-10,12-13,16H,3-6,11H2,1-2H3,(H,21,25). The van der Waals surface area contributed by atoms with Crippen LogP contribution in [0.1, 0.15) is 67.8 Å². The van der Waals surface area contributed by atoms with Gasteiger partial charge in [-0.3, -0.25) is 9.59 Å². The van der Waals surface area contributed by atoms with Gasteiger partial charge < -0.3 is 14.6 Å². The molecule has 0 saturated heterocycles. The number of ketones is 1. The van der Waals surface area contributed by atoms with E-state index in [1.54, 1.807) is 30.6 Å². The second-order valence-electron chi connectivity index (χ2n) is 6.69. The number of rotatable bonds is 7. The Morgan fingerprint density at radius 1 is 1.27 bits per heavy atom. The van der Waals surface area contributed by atoms with Crippen molar-refractivity contribution in [1.29, 1.82) is 0 Å². The second kappa shape index (κ2) is 8.12. The van der Waals surface area contributed by atoms with Gasteiger partial charge in [0.2, 0.25) is 0 Å². The van der Waals surface area contributed by atoms with Crippen LogP contribution in [-0.4, -0.2) is 33.1 Å². The zero-order valence-corrected chi connectivity index (χ0v) is 15.1. The number of aromatic nitrogens is 3. The van der Waals surface area contributed by atoms with Gasteiger partial charge in [-0.15, -0.1) is 10.2 Å². The molecule has 1 amide bonds. The van der Waals surface area contributed by atoms with Crippen LogP contribution >= 0.6 is 0 Å². The van der Waals surface area contributed by atoms with Crippen LogP contribution in [-0.2, 0) is 4.79 Å². The third-order valence-electron chi connectivity index (χ3n) is 4.71. The molecule has 26 heavy (non-hydrogen) atoms. The molecular formula is C19H24N4O3. The predicted octanol–water partition coefficient (Wildman–Crippen LogP) is 2.85. The van der Waals surface area contributed by atoms with Crippen LogP contribution in [0.2, 0.25) is 0 Å². The number of ether oxygens (including phenoxy) is 1. The van der Waals surface area contributed by atoms with Gasteiger partial charge in [0.15, 0.2) is 18.2 Å². The number of Topliss-reactive ketones (excluding diaryl/α,β-unsaturated/α-hetero) is 1. The summed E-state index contributed by atoms with van der Waals surface area (Å²) < 4.78 is 7.57. The lowest BCUT2D eigenvalue weighted by Crippen LogP contribution is -2.33. The van der Waals surface area contributed by atoms with Crippen molar-refractivity contribution in [2.24, 2.45) is 0 Å². The van der Waals surface area contributed by atoms with Crippen LogP contribution < -0.4 is 10.1 Å². The van der Waals surface area contributed by atoms with Crippen molar-refractivity contribution < 1.29 is 14.3 Å². The Labute approximate surface area is 152 Å². The van der Waals surface area contributed by atoms with Crippen LogP contribution in [0.4, 0.5) is 0 Å². The van der Waals surface area contributed by atoms with Gasteiger partial charge in [0.25, 0.3) is 5.91 Å². The summed E-state index contributed by atoms with van der Waals surface area (Å²) in [6.07, 6.45) is 6.45. The van der Waals surface area contributed by atoms with Crippen molar-refractivity contribution in [3.8, 4) is 5.75 Å². The molecular weight excluding hydrogens is 332 g/mol. The largest absolute Gasteiger partial charge is 0.484 e. The number of carbonyl (C=O) groups is 2. The summed E-state index contributed by atoms with van der Waals surface area (Å²) in [7, 11) is 0. The SMILES string of the molecule is CC(=O)c1ccc(OCC(=O)NC(C)c2nncn2C2CCCC2)cc1. The van der Waals surface area contributed by atoms with Gasteiger partial charge in [-0.1, -0.05) is 12.8 Å². The molecule has 7 nitrogen and oxygen atoms in total. The van der Waals surface area contributed by atoms with E-state index >= 15 is 0 Å². The van der Waals surface area contributed by atoms with E-state index in [1.807, 2.05) is 6.92 Å². The third kappa shape index (κ3) is 4.28. The molecule has 1 heterocycles. The van der Waals surface area contributed by atoms with Gasteiger partial charge in [0.05, 0.1) is 6.04 Å². The molecule has 1 unspecified atom stereocenters. The van der Waals surface area contributed by atoms with E-state index in [4.69, 9.17) is 4.74 Å². The predicted molar refractivity (Wildman–Crippen MR) is 96.0 cm³/mol. The van der Waals surface area contributed by atoms with E-state index in [1.165, 1.54) is 19.8 Å². The summed E-state index contributed by atoms with van der Waals surface area (Å²) in [6.45, 7) is 3.31. The van der Waals surface area contributed by atoms with E-state index < -0.39 is 0 Å². The molecule has 3 rings (SSSR count). The fourth-order valence-corrected chi connectivity index (χ4v) is 3.31. The molecule has 138 valence electrons. The van der Waals surface area contributed by atoms with E-state index in [0.29, 0.717) is 17.4 Å². The van der Waals surface area contributed by atoms with Gasteiger partial charge >= 0.3 is 0 Å². The van der Waals surface area contributed by atoms with E-state index in [9.17, 15) is 9.59 Å². The van der Waals surface area contributed by atoms with Gasteiger partial charge in [0.1, 0.15) is 12.1 Å². The van der Waals surface area contributed by atoms with Crippen molar-refractivity contribution >= 4 is 11.7 Å². The number of hydrogen-bond donors (Lipinski definition) is 1. The lowest BCUT2D eigenvalue weighted by molar-refractivity contribution is -0.123. The molecule has 1 fully saturated rings. The smallest absolute Gasteiger partial charge is 0.258 e. The van der Waals surface area contributed by atoms with Crippen molar-refractivity contribution in [1.82, 2.24) is 20.1 Å². The Kier molecular flexibility index (Phi) is 5.65. The second-order valence-corrected chi connectivity index (χ2v) is 6.69. The zero-order chi connectivity index (χ0) is 18.5. The quantitative estimate of drug-likeness (QED) is 0.771. The van der Waals surface area contributed by atoms with Gasteiger partial charge in [-0.2, -0.15) is 0 Å². The molecule has 1 aromatic heterocycles. The summed E-state index contributed by atoms with van der Waals surface area (Å²) in [5, 5.41) is 11.1. The van der Waals surface area contributed by atoms with E-state index in [0.717, 1.165) is 18.7 Å². The molecule has 0 aliphatic heterocycles. The summed E-state index contributed by atoms with van der Waals surface area (Å²) in [5.41, 5.74) is 0.613. The fourth-order valence-electron chi connectivity index (χ4n) is 3.31. The molecule has 7 heteroatoms. The lowest BCUT2D eigenvalue weighted by atomic mass is 10.1. The first kappa shape index (κ1) is 18.1. The lowest BCUT2D eigenvalue weighted by Gasteiger charge is -2.18. The summed E-state index contributed by atoms with van der Waals surface area (Å²) in [5.74, 6) is 1.09. The Morgan fingerprint density at radius 3 is 2.62 bits per heavy atom. The monoisotopic (exact) mass is 356 g/mol. The highest BCUT2D eigenvalue weighted by Gasteiger charge is 2.23. The van der Waals surface area contributed by atoms with Crippen LogP contribution in [0.3, 0.4) is 0 Å².